The smallest absolute Gasteiger partial charge is 0.192 e. The second-order valence-corrected chi connectivity index (χ2v) is 38.9. The van der Waals surface area contributed by atoms with E-state index in [2.05, 4.69) is 63.1 Å². The molecule has 0 aromatic rings. The Labute approximate surface area is 544 Å². The lowest BCUT2D eigenvalue weighted by Gasteiger charge is -2.32. The Morgan fingerprint density at radius 3 is 0.440 bits per heavy atom. The molecule has 0 bridgehead atoms. The molecule has 0 heterocycles. The highest BCUT2D eigenvalue weighted by Crippen LogP contribution is 2.35. The van der Waals surface area contributed by atoms with E-state index in [0.29, 0.717) is 0 Å². The summed E-state index contributed by atoms with van der Waals surface area (Å²) in [6, 6.07) is 8.53. The van der Waals surface area contributed by atoms with Crippen LogP contribution in [0.5, 0.6) is 0 Å². The Morgan fingerprint density at radius 2 is 0.298 bits per heavy atom. The number of hydrogen-bond acceptors (Lipinski definition) is 4. The van der Waals surface area contributed by atoms with E-state index in [9.17, 15) is 0 Å². The zero-order valence-corrected chi connectivity index (χ0v) is 63.2. The van der Waals surface area contributed by atoms with Crippen LogP contribution in [0.15, 0.2) is 0 Å². The van der Waals surface area contributed by atoms with Gasteiger partial charge in [-0.25, -0.2) is 0 Å². The zero-order chi connectivity index (χ0) is 60.7. The average Bonchev–Trinajstić information content (AvgIpc) is 3.66. The molecule has 2 unspecified atom stereocenters. The van der Waals surface area contributed by atoms with Crippen LogP contribution in [-0.2, 0) is 8.85 Å². The predicted octanol–water partition coefficient (Wildman–Crippen LogP) is 30.6. The molecule has 0 spiro atoms. The number of rotatable bonds is 77. The van der Waals surface area contributed by atoms with Gasteiger partial charge in [-0.1, -0.05) is 435 Å². The molecule has 0 N–H and O–H groups in total. The Balaban J connectivity index is 5.10. The molecule has 0 aliphatic heterocycles. The maximum Gasteiger partial charge on any atom is 0.192 e. The molecule has 84 heavy (non-hydrogen) atoms. The summed E-state index contributed by atoms with van der Waals surface area (Å²) in [5.41, 5.74) is 0. The topological polar surface area (TPSA) is 18.5 Å². The van der Waals surface area contributed by atoms with Crippen molar-refractivity contribution >= 4 is 38.2 Å². The highest BCUT2D eigenvalue weighted by Gasteiger charge is 2.34. The minimum atomic E-state index is -1.72. The summed E-state index contributed by atoms with van der Waals surface area (Å²) >= 11 is 0. The van der Waals surface area contributed by atoms with E-state index >= 15 is 0 Å². The number of hydrogen-bond donors (Lipinski definition) is 0. The van der Waals surface area contributed by atoms with E-state index in [4.69, 9.17) is 8.85 Å². The molecule has 0 aromatic carbocycles. The summed E-state index contributed by atoms with van der Waals surface area (Å²) in [5.74, 6) is 2.63. The normalized spacial score (nSPS) is 13.4. The van der Waals surface area contributed by atoms with Gasteiger partial charge in [0.05, 0.1) is 0 Å². The maximum absolute atomic E-state index is 7.07. The molecule has 0 radical (unpaired) electrons. The SMILES string of the molecule is CCCCCCCCCCCCCCCCCC[Si](CCCCCCCCCCCCCCCC)(CCCSSCCC[Si](CCCCCCCCCCCCCCCC)(CCCCCCCCCCCCCCCCCC)OCC)OCC. The van der Waals surface area contributed by atoms with Crippen molar-refractivity contribution in [2.75, 3.05) is 24.7 Å². The van der Waals surface area contributed by atoms with Crippen LogP contribution in [0.25, 0.3) is 0 Å². The van der Waals surface area contributed by atoms with Gasteiger partial charge in [-0.05, 0) is 63.0 Å². The van der Waals surface area contributed by atoms with Crippen molar-refractivity contribution in [1.29, 1.82) is 0 Å². The first kappa shape index (κ1) is 85.1. The first-order chi connectivity index (χ1) is 41.6. The molecule has 0 rings (SSSR count). The molecule has 0 aliphatic carbocycles. The van der Waals surface area contributed by atoms with E-state index < -0.39 is 16.6 Å². The van der Waals surface area contributed by atoms with Crippen molar-refractivity contribution in [3.8, 4) is 0 Å². The van der Waals surface area contributed by atoms with Gasteiger partial charge in [0.1, 0.15) is 0 Å². The lowest BCUT2D eigenvalue weighted by Crippen LogP contribution is -2.38. The number of unbranched alkanes of at least 4 members (excludes halogenated alkanes) is 56. The molecule has 506 valence electrons. The lowest BCUT2D eigenvalue weighted by atomic mass is 10.0. The Hall–Kier alpha value is 1.05. The summed E-state index contributed by atoms with van der Waals surface area (Å²) < 4.78 is 14.1. The van der Waals surface area contributed by atoms with Crippen molar-refractivity contribution in [3.05, 3.63) is 0 Å². The first-order valence-electron chi connectivity index (χ1n) is 40.1. The van der Waals surface area contributed by atoms with E-state index in [0.717, 1.165) is 13.2 Å². The van der Waals surface area contributed by atoms with Gasteiger partial charge in [0.25, 0.3) is 0 Å². The quantitative estimate of drug-likeness (QED) is 0.0343. The fraction of sp³-hybridized carbons (Fsp3) is 1.00. The van der Waals surface area contributed by atoms with Gasteiger partial charge in [-0.15, -0.1) is 0 Å². The first-order valence-corrected chi connectivity index (χ1v) is 47.6. The largest absolute Gasteiger partial charge is 0.417 e. The van der Waals surface area contributed by atoms with Gasteiger partial charge in [0.2, 0.25) is 0 Å². The molecule has 0 aromatic heterocycles. The second kappa shape index (κ2) is 73.1. The van der Waals surface area contributed by atoms with E-state index in [-0.39, 0.29) is 0 Å². The molecular formula is C78H162O2S2Si2. The lowest BCUT2D eigenvalue weighted by molar-refractivity contribution is 0.313. The summed E-state index contributed by atoms with van der Waals surface area (Å²) in [4.78, 5) is 0. The van der Waals surface area contributed by atoms with Gasteiger partial charge >= 0.3 is 0 Å². The molecule has 2 atom stereocenters. The van der Waals surface area contributed by atoms with Crippen LogP contribution in [0.2, 0.25) is 36.3 Å². The molecule has 2 nitrogen and oxygen atoms in total. The second-order valence-electron chi connectivity index (χ2n) is 27.9. The summed E-state index contributed by atoms with van der Waals surface area (Å²) in [6.45, 7) is 15.8. The van der Waals surface area contributed by atoms with Crippen molar-refractivity contribution in [2.45, 2.75) is 476 Å². The van der Waals surface area contributed by atoms with Crippen LogP contribution in [-0.4, -0.2) is 41.4 Å². The van der Waals surface area contributed by atoms with Crippen molar-refractivity contribution < 1.29 is 8.85 Å². The van der Waals surface area contributed by atoms with Crippen molar-refractivity contribution in [2.24, 2.45) is 0 Å². The van der Waals surface area contributed by atoms with Crippen LogP contribution in [0.1, 0.15) is 440 Å². The Morgan fingerprint density at radius 1 is 0.167 bits per heavy atom. The minimum Gasteiger partial charge on any atom is -0.417 e. The average molecular weight is 1250 g/mol. The monoisotopic (exact) mass is 1250 g/mol. The molecule has 0 amide bonds. The van der Waals surface area contributed by atoms with Crippen molar-refractivity contribution in [1.82, 2.24) is 0 Å². The Bertz CT molecular complexity index is 1090. The van der Waals surface area contributed by atoms with Gasteiger partial charge in [-0.3, -0.25) is 0 Å². The molecule has 0 saturated heterocycles. The maximum atomic E-state index is 7.07. The third kappa shape index (κ3) is 63.2. The van der Waals surface area contributed by atoms with Crippen LogP contribution >= 0.6 is 21.6 Å². The standard InChI is InChI=1S/C78H162O2S2Si2/c1-7-13-17-21-25-29-33-37-41-43-47-51-55-59-63-67-75-83(79-11-5,73-65-61-57-53-49-45-39-35-31-27-23-19-15-9-3)77-69-71-81-82-72-70-78-84(80-12-6,74-66-62-58-54-50-46-40-36-32-28-24-20-16-10-4)76-68-64-60-56-52-48-44-42-38-34-30-26-22-18-14-8-2/h7-78H2,1-6H3. The third-order valence-corrected chi connectivity index (χ3v) is 31.6. The van der Waals surface area contributed by atoms with Crippen LogP contribution in [0.3, 0.4) is 0 Å². The highest BCUT2D eigenvalue weighted by molar-refractivity contribution is 8.76. The van der Waals surface area contributed by atoms with Crippen LogP contribution in [0, 0.1) is 0 Å². The van der Waals surface area contributed by atoms with E-state index in [1.165, 1.54) is 446 Å². The van der Waals surface area contributed by atoms with Crippen LogP contribution < -0.4 is 0 Å². The summed E-state index contributed by atoms with van der Waals surface area (Å²) in [6.07, 6.45) is 89.9. The third-order valence-electron chi connectivity index (χ3n) is 19.6. The zero-order valence-electron chi connectivity index (χ0n) is 59.5. The molecule has 0 aliphatic rings. The summed E-state index contributed by atoms with van der Waals surface area (Å²) in [7, 11) is 0.977. The highest BCUT2D eigenvalue weighted by atomic mass is 33.1. The van der Waals surface area contributed by atoms with Gasteiger partial charge in [0, 0.05) is 24.7 Å². The van der Waals surface area contributed by atoms with E-state index in [1.54, 1.807) is 0 Å². The molecule has 0 fully saturated rings. The Kier molecular flexibility index (Phi) is 74.0. The minimum absolute atomic E-state index is 0.940. The fourth-order valence-corrected chi connectivity index (χ4v) is 25.6. The fourth-order valence-electron chi connectivity index (χ4n) is 14.1. The van der Waals surface area contributed by atoms with Gasteiger partial charge in [0.15, 0.2) is 16.6 Å². The van der Waals surface area contributed by atoms with Gasteiger partial charge < -0.3 is 8.85 Å². The van der Waals surface area contributed by atoms with Crippen molar-refractivity contribution in [3.63, 3.8) is 0 Å². The summed E-state index contributed by atoms with van der Waals surface area (Å²) in [5, 5.41) is 0. The molecule has 0 saturated carbocycles. The predicted molar refractivity (Wildman–Crippen MR) is 397 cm³/mol. The van der Waals surface area contributed by atoms with Crippen LogP contribution in [0.4, 0.5) is 0 Å². The van der Waals surface area contributed by atoms with Gasteiger partial charge in [-0.2, -0.15) is 0 Å². The molecular weight excluding hydrogens is 1090 g/mol. The molecule has 6 heteroatoms. The van der Waals surface area contributed by atoms with E-state index in [1.807, 2.05) is 0 Å².